The van der Waals surface area contributed by atoms with Crippen molar-refractivity contribution in [2.45, 2.75) is 26.8 Å². The molecule has 0 spiro atoms. The molecule has 0 radical (unpaired) electrons. The van der Waals surface area contributed by atoms with E-state index in [1.165, 1.54) is 22.4 Å². The van der Waals surface area contributed by atoms with Gasteiger partial charge in [-0.3, -0.25) is 0 Å². The SMILES string of the molecule is Cc1cccc(CNc2nc(C)cc(N3CCc4ccccc43)n2)c1. The van der Waals surface area contributed by atoms with Crippen molar-refractivity contribution in [3.8, 4) is 0 Å². The van der Waals surface area contributed by atoms with E-state index >= 15 is 0 Å². The van der Waals surface area contributed by atoms with Gasteiger partial charge >= 0.3 is 0 Å². The van der Waals surface area contributed by atoms with Gasteiger partial charge in [-0.15, -0.1) is 0 Å². The number of nitrogens with one attached hydrogen (secondary N) is 1. The molecule has 0 atom stereocenters. The third-order valence-electron chi connectivity index (χ3n) is 4.54. The molecule has 2 heterocycles. The van der Waals surface area contributed by atoms with Gasteiger partial charge in [0.1, 0.15) is 5.82 Å². The zero-order valence-corrected chi connectivity index (χ0v) is 14.7. The predicted molar refractivity (Wildman–Crippen MR) is 102 cm³/mol. The highest BCUT2D eigenvalue weighted by Crippen LogP contribution is 2.33. The molecule has 4 heteroatoms. The number of hydrogen-bond donors (Lipinski definition) is 1. The van der Waals surface area contributed by atoms with Crippen molar-refractivity contribution < 1.29 is 0 Å². The summed E-state index contributed by atoms with van der Waals surface area (Å²) in [5, 5.41) is 3.37. The van der Waals surface area contributed by atoms with Crippen LogP contribution in [0.5, 0.6) is 0 Å². The lowest BCUT2D eigenvalue weighted by molar-refractivity contribution is 0.948. The molecule has 4 nitrogen and oxygen atoms in total. The lowest BCUT2D eigenvalue weighted by Gasteiger charge is -2.19. The molecular weight excluding hydrogens is 308 g/mol. The maximum Gasteiger partial charge on any atom is 0.225 e. The van der Waals surface area contributed by atoms with Gasteiger partial charge in [0.05, 0.1) is 0 Å². The Kier molecular flexibility index (Phi) is 4.10. The highest BCUT2D eigenvalue weighted by molar-refractivity contribution is 5.68. The van der Waals surface area contributed by atoms with Crippen molar-refractivity contribution in [2.75, 3.05) is 16.8 Å². The second kappa shape index (κ2) is 6.55. The van der Waals surface area contributed by atoms with Crippen LogP contribution in [0.3, 0.4) is 0 Å². The monoisotopic (exact) mass is 330 g/mol. The Balaban J connectivity index is 1.57. The predicted octanol–water partition coefficient (Wildman–Crippen LogP) is 4.40. The number of nitrogens with zero attached hydrogens (tertiary/aromatic N) is 3. The van der Waals surface area contributed by atoms with Crippen LogP contribution in [0.25, 0.3) is 0 Å². The fourth-order valence-electron chi connectivity index (χ4n) is 3.35. The minimum Gasteiger partial charge on any atom is -0.350 e. The van der Waals surface area contributed by atoms with Crippen LogP contribution in [0.2, 0.25) is 0 Å². The third-order valence-corrected chi connectivity index (χ3v) is 4.54. The van der Waals surface area contributed by atoms with Crippen LogP contribution in [0.4, 0.5) is 17.5 Å². The van der Waals surface area contributed by atoms with Crippen molar-refractivity contribution in [3.63, 3.8) is 0 Å². The van der Waals surface area contributed by atoms with Gasteiger partial charge in [0.2, 0.25) is 5.95 Å². The van der Waals surface area contributed by atoms with E-state index in [4.69, 9.17) is 4.98 Å². The van der Waals surface area contributed by atoms with Gasteiger partial charge in [-0.2, -0.15) is 4.98 Å². The van der Waals surface area contributed by atoms with E-state index in [2.05, 4.69) is 76.7 Å². The molecule has 0 saturated carbocycles. The fraction of sp³-hybridized carbons (Fsp3) is 0.238. The van der Waals surface area contributed by atoms with Crippen molar-refractivity contribution in [2.24, 2.45) is 0 Å². The van der Waals surface area contributed by atoms with E-state index < -0.39 is 0 Å². The van der Waals surface area contributed by atoms with Crippen LogP contribution < -0.4 is 10.2 Å². The van der Waals surface area contributed by atoms with Crippen LogP contribution in [-0.2, 0) is 13.0 Å². The summed E-state index contributed by atoms with van der Waals surface area (Å²) in [5.41, 5.74) is 6.11. The smallest absolute Gasteiger partial charge is 0.225 e. The summed E-state index contributed by atoms with van der Waals surface area (Å²) in [7, 11) is 0. The van der Waals surface area contributed by atoms with Crippen LogP contribution in [0.15, 0.2) is 54.6 Å². The molecule has 0 unspecified atom stereocenters. The zero-order chi connectivity index (χ0) is 17.2. The Hall–Kier alpha value is -2.88. The molecular formula is C21H22N4. The quantitative estimate of drug-likeness (QED) is 0.770. The molecule has 25 heavy (non-hydrogen) atoms. The van der Waals surface area contributed by atoms with Crippen molar-refractivity contribution in [1.29, 1.82) is 0 Å². The molecule has 1 aliphatic heterocycles. The van der Waals surface area contributed by atoms with E-state index in [1.54, 1.807) is 0 Å². The Morgan fingerprint density at radius 3 is 2.76 bits per heavy atom. The molecule has 0 fully saturated rings. The summed E-state index contributed by atoms with van der Waals surface area (Å²) in [4.78, 5) is 11.6. The maximum atomic E-state index is 4.76. The largest absolute Gasteiger partial charge is 0.350 e. The number of benzene rings is 2. The maximum absolute atomic E-state index is 4.76. The van der Waals surface area contributed by atoms with E-state index in [-0.39, 0.29) is 0 Å². The molecule has 1 aromatic heterocycles. The van der Waals surface area contributed by atoms with Gasteiger partial charge in [0.25, 0.3) is 0 Å². The summed E-state index contributed by atoms with van der Waals surface area (Å²) in [6.07, 6.45) is 1.06. The number of anilines is 3. The molecule has 2 aromatic carbocycles. The van der Waals surface area contributed by atoms with Crippen molar-refractivity contribution in [1.82, 2.24) is 9.97 Å². The standard InChI is InChI=1S/C21H22N4/c1-15-6-5-7-17(12-15)14-22-21-23-16(2)13-20(24-21)25-11-10-18-8-3-4-9-19(18)25/h3-9,12-13H,10-11,14H2,1-2H3,(H,22,23,24). The van der Waals surface area contributed by atoms with E-state index in [9.17, 15) is 0 Å². The van der Waals surface area contributed by atoms with Crippen LogP contribution in [0.1, 0.15) is 22.4 Å². The minimum absolute atomic E-state index is 0.681. The number of para-hydroxylation sites is 1. The Morgan fingerprint density at radius 1 is 1.00 bits per heavy atom. The molecule has 3 aromatic rings. The minimum atomic E-state index is 0.681. The van der Waals surface area contributed by atoms with E-state index in [0.29, 0.717) is 5.95 Å². The lowest BCUT2D eigenvalue weighted by Crippen LogP contribution is -2.16. The van der Waals surface area contributed by atoms with Gasteiger partial charge in [0.15, 0.2) is 0 Å². The highest BCUT2D eigenvalue weighted by atomic mass is 15.2. The Labute approximate surface area is 148 Å². The first-order valence-corrected chi connectivity index (χ1v) is 8.69. The Bertz CT molecular complexity index is 904. The molecule has 4 rings (SSSR count). The molecule has 0 amide bonds. The molecule has 1 N–H and O–H groups in total. The molecule has 0 saturated heterocycles. The first-order valence-electron chi connectivity index (χ1n) is 8.69. The zero-order valence-electron chi connectivity index (χ0n) is 14.7. The number of hydrogen-bond acceptors (Lipinski definition) is 4. The van der Waals surface area contributed by atoms with Crippen LogP contribution in [0, 0.1) is 13.8 Å². The van der Waals surface area contributed by atoms with Gasteiger partial charge < -0.3 is 10.2 Å². The van der Waals surface area contributed by atoms with Gasteiger partial charge in [-0.25, -0.2) is 4.98 Å². The topological polar surface area (TPSA) is 41.1 Å². The van der Waals surface area contributed by atoms with Crippen molar-refractivity contribution >= 4 is 17.5 Å². The number of rotatable bonds is 4. The number of fused-ring (bicyclic) bond motifs is 1. The van der Waals surface area contributed by atoms with Crippen LogP contribution in [-0.4, -0.2) is 16.5 Å². The molecule has 126 valence electrons. The van der Waals surface area contributed by atoms with Gasteiger partial charge in [-0.05, 0) is 37.5 Å². The average molecular weight is 330 g/mol. The summed E-state index contributed by atoms with van der Waals surface area (Å²) in [5.74, 6) is 1.64. The fourth-order valence-corrected chi connectivity index (χ4v) is 3.35. The van der Waals surface area contributed by atoms with Crippen molar-refractivity contribution in [3.05, 3.63) is 77.0 Å². The molecule has 0 bridgehead atoms. The van der Waals surface area contributed by atoms with Gasteiger partial charge in [-0.1, -0.05) is 48.0 Å². The molecule has 1 aliphatic rings. The normalized spacial score (nSPS) is 13.0. The summed E-state index contributed by atoms with van der Waals surface area (Å²) in [6.45, 7) is 5.81. The second-order valence-electron chi connectivity index (χ2n) is 6.56. The second-order valence-corrected chi connectivity index (χ2v) is 6.56. The third kappa shape index (κ3) is 3.33. The summed E-state index contributed by atoms with van der Waals surface area (Å²) in [6, 6.07) is 19.1. The molecule has 0 aliphatic carbocycles. The number of aryl methyl sites for hydroxylation is 2. The first-order chi connectivity index (χ1) is 12.2. The summed E-state index contributed by atoms with van der Waals surface area (Å²) >= 11 is 0. The first kappa shape index (κ1) is 15.6. The lowest BCUT2D eigenvalue weighted by atomic mass is 10.1. The number of aromatic nitrogens is 2. The van der Waals surface area contributed by atoms with Crippen LogP contribution >= 0.6 is 0 Å². The van der Waals surface area contributed by atoms with E-state index in [1.807, 2.05) is 6.92 Å². The average Bonchev–Trinajstić information content (AvgIpc) is 3.04. The highest BCUT2D eigenvalue weighted by Gasteiger charge is 2.21. The van der Waals surface area contributed by atoms with E-state index in [0.717, 1.165) is 31.0 Å². The summed E-state index contributed by atoms with van der Waals surface area (Å²) < 4.78 is 0. The Morgan fingerprint density at radius 2 is 1.88 bits per heavy atom. The van der Waals surface area contributed by atoms with Gasteiger partial charge in [0, 0.05) is 30.5 Å².